The molecule has 0 radical (unpaired) electrons. The van der Waals surface area contributed by atoms with Crippen molar-refractivity contribution in [2.24, 2.45) is 7.05 Å². The lowest BCUT2D eigenvalue weighted by atomic mass is 10.3. The number of rotatable bonds is 4. The summed E-state index contributed by atoms with van der Waals surface area (Å²) in [5.74, 6) is 1.92. The van der Waals surface area contributed by atoms with Gasteiger partial charge in [-0.25, -0.2) is 0 Å². The minimum atomic E-state index is -0.167. The van der Waals surface area contributed by atoms with Gasteiger partial charge in [0.1, 0.15) is 11.6 Å². The summed E-state index contributed by atoms with van der Waals surface area (Å²) in [6.07, 6.45) is 2.25. The molecule has 1 aromatic heterocycles. The molecular formula is C12H21N5O. The Morgan fingerprint density at radius 3 is 2.61 bits per heavy atom. The van der Waals surface area contributed by atoms with Gasteiger partial charge in [-0.2, -0.15) is 0 Å². The zero-order valence-electron chi connectivity index (χ0n) is 11.3. The lowest BCUT2D eigenvalue weighted by Crippen LogP contribution is -2.43. The second-order valence-electron chi connectivity index (χ2n) is 4.86. The van der Waals surface area contributed by atoms with Gasteiger partial charge in [0.2, 0.25) is 5.91 Å². The largest absolute Gasteiger partial charge is 0.341 e. The molecule has 6 heteroatoms. The van der Waals surface area contributed by atoms with E-state index in [1.165, 1.54) is 0 Å². The lowest BCUT2D eigenvalue weighted by molar-refractivity contribution is -0.132. The van der Waals surface area contributed by atoms with Crippen molar-refractivity contribution in [2.75, 3.05) is 13.1 Å². The molecule has 1 aliphatic heterocycles. The number of nitrogens with one attached hydrogen (secondary N) is 1. The van der Waals surface area contributed by atoms with Crippen LogP contribution in [0.15, 0.2) is 0 Å². The van der Waals surface area contributed by atoms with E-state index in [1.54, 1.807) is 0 Å². The van der Waals surface area contributed by atoms with Crippen LogP contribution in [0.5, 0.6) is 0 Å². The number of carbonyl (C=O) groups is 1. The van der Waals surface area contributed by atoms with Gasteiger partial charge in [0, 0.05) is 20.1 Å². The molecule has 0 saturated carbocycles. The first-order valence-electron chi connectivity index (χ1n) is 6.46. The van der Waals surface area contributed by atoms with E-state index in [0.29, 0.717) is 6.54 Å². The van der Waals surface area contributed by atoms with Gasteiger partial charge in [0.25, 0.3) is 0 Å². The Labute approximate surface area is 107 Å². The van der Waals surface area contributed by atoms with Crippen molar-refractivity contribution < 1.29 is 4.79 Å². The summed E-state index contributed by atoms with van der Waals surface area (Å²) in [4.78, 5) is 14.0. The van der Waals surface area contributed by atoms with Crippen LogP contribution in [0.3, 0.4) is 0 Å². The van der Waals surface area contributed by atoms with E-state index in [4.69, 9.17) is 0 Å². The molecule has 1 fully saturated rings. The topological polar surface area (TPSA) is 63.1 Å². The van der Waals surface area contributed by atoms with E-state index >= 15 is 0 Å². The molecule has 2 heterocycles. The fourth-order valence-corrected chi connectivity index (χ4v) is 2.15. The molecule has 1 atom stereocenters. The van der Waals surface area contributed by atoms with Crippen LogP contribution in [-0.4, -0.2) is 44.7 Å². The maximum atomic E-state index is 12.1. The maximum Gasteiger partial charge on any atom is 0.239 e. The van der Waals surface area contributed by atoms with Crippen molar-refractivity contribution >= 4 is 5.91 Å². The Kier molecular flexibility index (Phi) is 3.96. The number of nitrogens with zero attached hydrogens (tertiary/aromatic N) is 4. The van der Waals surface area contributed by atoms with E-state index in [-0.39, 0.29) is 11.9 Å². The predicted octanol–water partition coefficient (Wildman–Crippen LogP) is 0.224. The minimum absolute atomic E-state index is 0.167. The Morgan fingerprint density at radius 1 is 1.39 bits per heavy atom. The highest BCUT2D eigenvalue weighted by Crippen LogP contribution is 2.09. The molecule has 1 unspecified atom stereocenters. The van der Waals surface area contributed by atoms with E-state index < -0.39 is 0 Å². The number of hydrogen-bond acceptors (Lipinski definition) is 4. The van der Waals surface area contributed by atoms with Gasteiger partial charge in [-0.1, -0.05) is 0 Å². The number of aryl methyl sites for hydroxylation is 1. The average molecular weight is 251 g/mol. The molecule has 6 nitrogen and oxygen atoms in total. The number of amides is 1. The monoisotopic (exact) mass is 251 g/mol. The van der Waals surface area contributed by atoms with Crippen LogP contribution in [0.1, 0.15) is 31.4 Å². The van der Waals surface area contributed by atoms with Crippen LogP contribution in [-0.2, 0) is 18.4 Å². The lowest BCUT2D eigenvalue weighted by Gasteiger charge is -2.20. The molecule has 100 valence electrons. The maximum absolute atomic E-state index is 12.1. The molecule has 1 saturated heterocycles. The number of likely N-dealkylation sites (tertiary alicyclic amines) is 1. The standard InChI is InChI=1S/C12H21N5O/c1-9(12(18)17-6-4-5-7-17)13-8-11-15-14-10(2)16(11)3/h9,13H,4-8H2,1-3H3. The molecule has 0 bridgehead atoms. The van der Waals surface area contributed by atoms with E-state index in [2.05, 4.69) is 15.5 Å². The predicted molar refractivity (Wildman–Crippen MR) is 67.9 cm³/mol. The average Bonchev–Trinajstić information content (AvgIpc) is 2.99. The molecular weight excluding hydrogens is 230 g/mol. The zero-order chi connectivity index (χ0) is 13.1. The third-order valence-electron chi connectivity index (χ3n) is 3.54. The third-order valence-corrected chi connectivity index (χ3v) is 3.54. The van der Waals surface area contributed by atoms with Crippen LogP contribution in [0.25, 0.3) is 0 Å². The van der Waals surface area contributed by atoms with Crippen molar-refractivity contribution in [1.29, 1.82) is 0 Å². The summed E-state index contributed by atoms with van der Waals surface area (Å²) < 4.78 is 1.93. The Hall–Kier alpha value is -1.43. The van der Waals surface area contributed by atoms with E-state index in [9.17, 15) is 4.79 Å². The highest BCUT2D eigenvalue weighted by atomic mass is 16.2. The fourth-order valence-electron chi connectivity index (χ4n) is 2.15. The van der Waals surface area contributed by atoms with Crippen LogP contribution in [0.4, 0.5) is 0 Å². The van der Waals surface area contributed by atoms with Gasteiger partial charge in [-0.3, -0.25) is 10.1 Å². The second-order valence-corrected chi connectivity index (χ2v) is 4.86. The zero-order valence-corrected chi connectivity index (χ0v) is 11.3. The van der Waals surface area contributed by atoms with Crippen LogP contribution in [0.2, 0.25) is 0 Å². The van der Waals surface area contributed by atoms with Crippen LogP contribution >= 0.6 is 0 Å². The molecule has 0 spiro atoms. The van der Waals surface area contributed by atoms with Gasteiger partial charge in [-0.15, -0.1) is 10.2 Å². The van der Waals surface area contributed by atoms with E-state index in [1.807, 2.05) is 30.4 Å². The first-order chi connectivity index (χ1) is 8.59. The van der Waals surface area contributed by atoms with Crippen LogP contribution in [0, 0.1) is 6.92 Å². The summed E-state index contributed by atoms with van der Waals surface area (Å²) in [5, 5.41) is 11.3. The summed E-state index contributed by atoms with van der Waals surface area (Å²) in [6, 6.07) is -0.167. The van der Waals surface area contributed by atoms with Crippen molar-refractivity contribution in [3.8, 4) is 0 Å². The number of aromatic nitrogens is 3. The van der Waals surface area contributed by atoms with E-state index in [0.717, 1.165) is 37.6 Å². The van der Waals surface area contributed by atoms with Gasteiger partial charge in [-0.05, 0) is 26.7 Å². The molecule has 18 heavy (non-hydrogen) atoms. The summed E-state index contributed by atoms with van der Waals surface area (Å²) in [6.45, 7) is 6.18. The Balaban J connectivity index is 1.86. The van der Waals surface area contributed by atoms with Crippen molar-refractivity contribution in [3.05, 3.63) is 11.6 Å². The van der Waals surface area contributed by atoms with Crippen molar-refractivity contribution in [1.82, 2.24) is 25.0 Å². The summed E-state index contributed by atoms with van der Waals surface area (Å²) in [5.41, 5.74) is 0. The van der Waals surface area contributed by atoms with Gasteiger partial charge in [0.15, 0.2) is 0 Å². The Bertz CT molecular complexity index is 422. The Morgan fingerprint density at radius 2 is 2.06 bits per heavy atom. The minimum Gasteiger partial charge on any atom is -0.341 e. The highest BCUT2D eigenvalue weighted by Gasteiger charge is 2.23. The molecule has 1 amide bonds. The van der Waals surface area contributed by atoms with Gasteiger partial charge in [0.05, 0.1) is 12.6 Å². The molecule has 1 N–H and O–H groups in total. The fraction of sp³-hybridized carbons (Fsp3) is 0.750. The summed E-state index contributed by atoms with van der Waals surface area (Å²) in [7, 11) is 1.93. The molecule has 2 rings (SSSR count). The number of carbonyl (C=O) groups excluding carboxylic acids is 1. The van der Waals surface area contributed by atoms with Crippen molar-refractivity contribution in [2.45, 2.75) is 39.3 Å². The van der Waals surface area contributed by atoms with Gasteiger partial charge < -0.3 is 9.47 Å². The molecule has 0 aromatic carbocycles. The quantitative estimate of drug-likeness (QED) is 0.831. The van der Waals surface area contributed by atoms with Crippen LogP contribution < -0.4 is 5.32 Å². The summed E-state index contributed by atoms with van der Waals surface area (Å²) >= 11 is 0. The highest BCUT2D eigenvalue weighted by molar-refractivity contribution is 5.81. The number of hydrogen-bond donors (Lipinski definition) is 1. The third kappa shape index (κ3) is 2.69. The first kappa shape index (κ1) is 13.0. The SMILES string of the molecule is Cc1nnc(CNC(C)C(=O)N2CCCC2)n1C. The van der Waals surface area contributed by atoms with Crippen molar-refractivity contribution in [3.63, 3.8) is 0 Å². The normalized spacial score (nSPS) is 17.2. The smallest absolute Gasteiger partial charge is 0.239 e. The first-order valence-corrected chi connectivity index (χ1v) is 6.46. The van der Waals surface area contributed by atoms with Gasteiger partial charge >= 0.3 is 0 Å². The molecule has 1 aromatic rings. The molecule has 1 aliphatic rings. The second kappa shape index (κ2) is 5.48. The molecule has 0 aliphatic carbocycles.